The zero-order valence-electron chi connectivity index (χ0n) is 9.68. The number of hydrogen-bond donors (Lipinski definition) is 1. The Morgan fingerprint density at radius 2 is 1.64 bits per heavy atom. The third-order valence-electron chi connectivity index (χ3n) is 3.04. The van der Waals surface area contributed by atoms with Crippen LogP contribution in [-0.4, -0.2) is 16.9 Å². The molecule has 0 aromatic carbocycles. The third-order valence-corrected chi connectivity index (χ3v) is 3.04. The van der Waals surface area contributed by atoms with Gasteiger partial charge in [-0.1, -0.05) is 13.8 Å². The highest BCUT2D eigenvalue weighted by molar-refractivity contribution is 5.83. The summed E-state index contributed by atoms with van der Waals surface area (Å²) in [5.74, 6) is -0.784. The van der Waals surface area contributed by atoms with Crippen LogP contribution >= 0.6 is 0 Å². The SMILES string of the molecule is CCC(C)(CC(C)(C)C(=O)O)C(C)=O. The topological polar surface area (TPSA) is 54.4 Å². The van der Waals surface area contributed by atoms with E-state index in [1.807, 2.05) is 13.8 Å². The Balaban J connectivity index is 4.79. The highest BCUT2D eigenvalue weighted by Crippen LogP contribution is 2.37. The second kappa shape index (κ2) is 4.11. The summed E-state index contributed by atoms with van der Waals surface area (Å²) in [4.78, 5) is 22.3. The molecule has 1 unspecified atom stereocenters. The van der Waals surface area contributed by atoms with Crippen LogP contribution in [0.5, 0.6) is 0 Å². The molecule has 3 heteroatoms. The van der Waals surface area contributed by atoms with Gasteiger partial charge in [0.05, 0.1) is 5.41 Å². The molecule has 3 nitrogen and oxygen atoms in total. The van der Waals surface area contributed by atoms with Crippen molar-refractivity contribution in [1.29, 1.82) is 0 Å². The van der Waals surface area contributed by atoms with Crippen LogP contribution in [0, 0.1) is 10.8 Å². The minimum Gasteiger partial charge on any atom is -0.481 e. The molecule has 0 aliphatic rings. The highest BCUT2D eigenvalue weighted by Gasteiger charge is 2.38. The first-order valence-corrected chi connectivity index (χ1v) is 4.90. The number of carbonyl (C=O) groups is 2. The van der Waals surface area contributed by atoms with Gasteiger partial charge < -0.3 is 5.11 Å². The standard InChI is InChI=1S/C11H20O3/c1-6-11(5,8(2)12)7-10(3,4)9(13)14/h6-7H2,1-5H3,(H,13,14). The van der Waals surface area contributed by atoms with E-state index in [4.69, 9.17) is 5.11 Å². The van der Waals surface area contributed by atoms with Crippen molar-refractivity contribution in [2.24, 2.45) is 10.8 Å². The number of carboxylic acid groups (broad SMARTS) is 1. The van der Waals surface area contributed by atoms with Crippen molar-refractivity contribution >= 4 is 11.8 Å². The molecule has 1 atom stereocenters. The largest absolute Gasteiger partial charge is 0.481 e. The lowest BCUT2D eigenvalue weighted by Gasteiger charge is -2.32. The van der Waals surface area contributed by atoms with Crippen molar-refractivity contribution in [3.8, 4) is 0 Å². The van der Waals surface area contributed by atoms with Gasteiger partial charge in [-0.3, -0.25) is 9.59 Å². The average Bonchev–Trinajstić information content (AvgIpc) is 2.02. The predicted molar refractivity (Wildman–Crippen MR) is 55.1 cm³/mol. The highest BCUT2D eigenvalue weighted by atomic mass is 16.4. The number of carboxylic acids is 1. The molecule has 0 aliphatic heterocycles. The first-order valence-electron chi connectivity index (χ1n) is 4.90. The molecule has 82 valence electrons. The summed E-state index contributed by atoms with van der Waals surface area (Å²) >= 11 is 0. The molecule has 0 rings (SSSR count). The first kappa shape index (κ1) is 13.1. The van der Waals surface area contributed by atoms with E-state index in [1.54, 1.807) is 13.8 Å². The summed E-state index contributed by atoms with van der Waals surface area (Å²) < 4.78 is 0. The quantitative estimate of drug-likeness (QED) is 0.741. The minimum atomic E-state index is -0.849. The Kier molecular flexibility index (Phi) is 3.86. The molecule has 1 N–H and O–H groups in total. The van der Waals surface area contributed by atoms with Gasteiger partial charge in [0.25, 0.3) is 0 Å². The summed E-state index contributed by atoms with van der Waals surface area (Å²) in [6.07, 6.45) is 1.07. The van der Waals surface area contributed by atoms with Crippen LogP contribution in [0.15, 0.2) is 0 Å². The minimum absolute atomic E-state index is 0.0642. The van der Waals surface area contributed by atoms with Crippen LogP contribution in [0.1, 0.15) is 47.5 Å². The molecule has 0 fully saturated rings. The molecule has 0 aromatic rings. The average molecular weight is 200 g/mol. The zero-order chi connectivity index (χ0) is 11.6. The Labute approximate surface area is 85.5 Å². The maximum atomic E-state index is 11.4. The Hall–Kier alpha value is -0.860. The maximum absolute atomic E-state index is 11.4. The molecule has 0 bridgehead atoms. The molecule has 0 heterocycles. The van der Waals surface area contributed by atoms with E-state index < -0.39 is 16.8 Å². The Bertz CT molecular complexity index is 243. The lowest BCUT2D eigenvalue weighted by Crippen LogP contribution is -2.35. The number of aliphatic carboxylic acids is 1. The number of ketones is 1. The van der Waals surface area contributed by atoms with Crippen molar-refractivity contribution in [3.63, 3.8) is 0 Å². The van der Waals surface area contributed by atoms with Crippen molar-refractivity contribution in [1.82, 2.24) is 0 Å². The van der Waals surface area contributed by atoms with Crippen LogP contribution in [0.3, 0.4) is 0 Å². The molecule has 0 saturated heterocycles. The molecule has 0 aliphatic carbocycles. The Morgan fingerprint density at radius 1 is 1.21 bits per heavy atom. The molecule has 0 aromatic heterocycles. The van der Waals surface area contributed by atoms with Gasteiger partial charge in [0, 0.05) is 5.41 Å². The molecule has 0 spiro atoms. The summed E-state index contributed by atoms with van der Waals surface area (Å²) in [6.45, 7) is 8.60. The predicted octanol–water partition coefficient (Wildman–Crippen LogP) is 2.49. The van der Waals surface area contributed by atoms with Gasteiger partial charge in [-0.05, 0) is 33.6 Å². The van der Waals surface area contributed by atoms with Crippen LogP contribution in [-0.2, 0) is 9.59 Å². The monoisotopic (exact) mass is 200 g/mol. The zero-order valence-corrected chi connectivity index (χ0v) is 9.68. The van der Waals surface area contributed by atoms with E-state index in [0.29, 0.717) is 12.8 Å². The third kappa shape index (κ3) is 2.82. The van der Waals surface area contributed by atoms with Crippen molar-refractivity contribution in [3.05, 3.63) is 0 Å². The van der Waals surface area contributed by atoms with Crippen molar-refractivity contribution in [2.75, 3.05) is 0 Å². The second-order valence-corrected chi connectivity index (χ2v) is 4.84. The summed E-state index contributed by atoms with van der Waals surface area (Å²) in [5, 5.41) is 8.97. The molecule has 0 amide bonds. The van der Waals surface area contributed by atoms with Crippen LogP contribution < -0.4 is 0 Å². The lowest BCUT2D eigenvalue weighted by atomic mass is 9.70. The summed E-state index contributed by atoms with van der Waals surface area (Å²) in [7, 11) is 0. The number of rotatable bonds is 5. The molecular formula is C11H20O3. The van der Waals surface area contributed by atoms with Crippen LogP contribution in [0.25, 0.3) is 0 Å². The number of carbonyl (C=O) groups excluding carboxylic acids is 1. The van der Waals surface area contributed by atoms with E-state index in [-0.39, 0.29) is 5.78 Å². The van der Waals surface area contributed by atoms with Crippen LogP contribution in [0.2, 0.25) is 0 Å². The number of Topliss-reactive ketones (excluding diaryl/α,β-unsaturated/α-hetero) is 1. The van der Waals surface area contributed by atoms with Crippen LogP contribution in [0.4, 0.5) is 0 Å². The van der Waals surface area contributed by atoms with Gasteiger partial charge in [-0.25, -0.2) is 0 Å². The summed E-state index contributed by atoms with van der Waals surface area (Å²) in [5.41, 5.74) is -1.35. The fraction of sp³-hybridized carbons (Fsp3) is 0.818. The lowest BCUT2D eigenvalue weighted by molar-refractivity contribution is -0.149. The molecule has 0 radical (unpaired) electrons. The van der Waals surface area contributed by atoms with Gasteiger partial charge >= 0.3 is 5.97 Å². The summed E-state index contributed by atoms with van der Waals surface area (Å²) in [6, 6.07) is 0. The molecule has 14 heavy (non-hydrogen) atoms. The molecular weight excluding hydrogens is 180 g/mol. The fourth-order valence-corrected chi connectivity index (χ4v) is 1.55. The van der Waals surface area contributed by atoms with E-state index in [0.717, 1.165) is 0 Å². The normalized spacial score (nSPS) is 16.1. The van der Waals surface area contributed by atoms with E-state index >= 15 is 0 Å². The van der Waals surface area contributed by atoms with Gasteiger partial charge in [-0.2, -0.15) is 0 Å². The fourth-order valence-electron chi connectivity index (χ4n) is 1.55. The molecule has 0 saturated carbocycles. The van der Waals surface area contributed by atoms with Gasteiger partial charge in [0.1, 0.15) is 5.78 Å². The van der Waals surface area contributed by atoms with E-state index in [2.05, 4.69) is 0 Å². The van der Waals surface area contributed by atoms with Gasteiger partial charge in [0.2, 0.25) is 0 Å². The number of hydrogen-bond acceptors (Lipinski definition) is 2. The van der Waals surface area contributed by atoms with E-state index in [9.17, 15) is 9.59 Å². The van der Waals surface area contributed by atoms with Gasteiger partial charge in [0.15, 0.2) is 0 Å². The van der Waals surface area contributed by atoms with E-state index in [1.165, 1.54) is 6.92 Å². The van der Waals surface area contributed by atoms with Crippen molar-refractivity contribution < 1.29 is 14.7 Å². The first-order chi connectivity index (χ1) is 6.15. The maximum Gasteiger partial charge on any atom is 0.309 e. The van der Waals surface area contributed by atoms with Crippen molar-refractivity contribution in [2.45, 2.75) is 47.5 Å². The second-order valence-electron chi connectivity index (χ2n) is 4.84. The Morgan fingerprint density at radius 3 is 1.86 bits per heavy atom. The smallest absolute Gasteiger partial charge is 0.309 e. The van der Waals surface area contributed by atoms with Gasteiger partial charge in [-0.15, -0.1) is 0 Å².